The van der Waals surface area contributed by atoms with E-state index in [-0.39, 0.29) is 5.91 Å². The number of nitrogens with one attached hydrogen (secondary N) is 1. The normalized spacial score (nSPS) is 15.8. The standard InChI is InChI=1S/C23H23Cl2N7O/c24-18-2-3-19(25)17(12-18)15-32-7-6-26-21-20(32)13-16(14-29-21)22(33)30-8-10-31(11-9-30)23-27-4-1-5-28-23/h1-5,12-14H,6-11,15H2,(H,26,29). The van der Waals surface area contributed by atoms with Crippen LogP contribution in [0.3, 0.4) is 0 Å². The van der Waals surface area contributed by atoms with Gasteiger partial charge >= 0.3 is 0 Å². The summed E-state index contributed by atoms with van der Waals surface area (Å²) in [6, 6.07) is 9.18. The number of amides is 1. The van der Waals surface area contributed by atoms with E-state index in [1.807, 2.05) is 17.0 Å². The van der Waals surface area contributed by atoms with Crippen molar-refractivity contribution in [2.75, 3.05) is 54.4 Å². The number of carbonyl (C=O) groups is 1. The van der Waals surface area contributed by atoms with Crippen molar-refractivity contribution in [2.24, 2.45) is 0 Å². The topological polar surface area (TPSA) is 77.5 Å². The summed E-state index contributed by atoms with van der Waals surface area (Å²) >= 11 is 12.6. The van der Waals surface area contributed by atoms with Crippen LogP contribution in [0.15, 0.2) is 48.9 Å². The molecule has 170 valence electrons. The van der Waals surface area contributed by atoms with Gasteiger partial charge in [-0.3, -0.25) is 4.79 Å². The van der Waals surface area contributed by atoms with Gasteiger partial charge in [0, 0.05) is 74.4 Å². The number of aromatic nitrogens is 3. The van der Waals surface area contributed by atoms with Gasteiger partial charge in [-0.15, -0.1) is 0 Å². The zero-order valence-electron chi connectivity index (χ0n) is 17.9. The number of pyridine rings is 1. The van der Waals surface area contributed by atoms with Crippen LogP contribution in [0.2, 0.25) is 10.0 Å². The number of anilines is 3. The van der Waals surface area contributed by atoms with Crippen LogP contribution in [0.4, 0.5) is 17.5 Å². The van der Waals surface area contributed by atoms with Crippen molar-refractivity contribution < 1.29 is 4.79 Å². The minimum absolute atomic E-state index is 0.0229. The molecule has 2 aromatic heterocycles. The predicted molar refractivity (Wildman–Crippen MR) is 130 cm³/mol. The van der Waals surface area contributed by atoms with Crippen LogP contribution in [0.25, 0.3) is 0 Å². The van der Waals surface area contributed by atoms with E-state index in [0.29, 0.717) is 54.3 Å². The van der Waals surface area contributed by atoms with E-state index in [4.69, 9.17) is 23.2 Å². The first-order valence-corrected chi connectivity index (χ1v) is 11.6. The molecule has 0 aliphatic carbocycles. The monoisotopic (exact) mass is 483 g/mol. The molecule has 0 radical (unpaired) electrons. The van der Waals surface area contributed by atoms with Gasteiger partial charge in [-0.25, -0.2) is 15.0 Å². The summed E-state index contributed by atoms with van der Waals surface area (Å²) in [6.45, 7) is 4.70. The molecule has 0 saturated carbocycles. The molecule has 0 unspecified atom stereocenters. The minimum atomic E-state index is -0.0229. The van der Waals surface area contributed by atoms with E-state index >= 15 is 0 Å². The van der Waals surface area contributed by atoms with Crippen LogP contribution < -0.4 is 15.1 Å². The molecule has 0 spiro atoms. The number of hydrogen-bond donors (Lipinski definition) is 1. The Morgan fingerprint density at radius 1 is 1.00 bits per heavy atom. The lowest BCUT2D eigenvalue weighted by Crippen LogP contribution is -2.49. The molecule has 0 atom stereocenters. The molecule has 2 aliphatic heterocycles. The number of hydrogen-bond acceptors (Lipinski definition) is 7. The summed E-state index contributed by atoms with van der Waals surface area (Å²) in [5.74, 6) is 1.44. The van der Waals surface area contributed by atoms with Gasteiger partial charge in [0.1, 0.15) is 5.82 Å². The Bertz CT molecular complexity index is 1150. The highest BCUT2D eigenvalue weighted by Gasteiger charge is 2.26. The zero-order chi connectivity index (χ0) is 22.8. The van der Waals surface area contributed by atoms with Crippen LogP contribution in [-0.4, -0.2) is 65.0 Å². The Morgan fingerprint density at radius 3 is 2.58 bits per heavy atom. The molecule has 1 saturated heterocycles. The molecule has 1 amide bonds. The molecule has 1 fully saturated rings. The number of rotatable bonds is 4. The van der Waals surface area contributed by atoms with Gasteiger partial charge in [0.25, 0.3) is 5.91 Å². The molecule has 33 heavy (non-hydrogen) atoms. The summed E-state index contributed by atoms with van der Waals surface area (Å²) in [5, 5.41) is 4.63. The highest BCUT2D eigenvalue weighted by molar-refractivity contribution is 6.33. The van der Waals surface area contributed by atoms with Gasteiger partial charge in [-0.2, -0.15) is 0 Å². The maximum Gasteiger partial charge on any atom is 0.255 e. The molecule has 5 rings (SSSR count). The van der Waals surface area contributed by atoms with Gasteiger partial charge in [0.05, 0.1) is 11.3 Å². The van der Waals surface area contributed by atoms with E-state index in [0.717, 1.165) is 30.2 Å². The van der Waals surface area contributed by atoms with E-state index in [1.54, 1.807) is 36.8 Å². The van der Waals surface area contributed by atoms with Crippen molar-refractivity contribution >= 4 is 46.6 Å². The summed E-state index contributed by atoms with van der Waals surface area (Å²) < 4.78 is 0. The first-order chi connectivity index (χ1) is 16.1. The van der Waals surface area contributed by atoms with Gasteiger partial charge in [0.15, 0.2) is 0 Å². The molecular formula is C23H23Cl2N7O. The lowest BCUT2D eigenvalue weighted by molar-refractivity contribution is 0.0746. The second kappa shape index (κ2) is 9.41. The molecule has 10 heteroatoms. The Hall–Kier alpha value is -3.10. The summed E-state index contributed by atoms with van der Waals surface area (Å²) in [7, 11) is 0. The number of nitrogens with zero attached hydrogens (tertiary/aromatic N) is 6. The molecule has 2 aliphatic rings. The molecule has 1 aromatic carbocycles. The number of carbonyl (C=O) groups excluding carboxylic acids is 1. The predicted octanol–water partition coefficient (Wildman–Crippen LogP) is 3.57. The zero-order valence-corrected chi connectivity index (χ0v) is 19.4. The largest absolute Gasteiger partial charge is 0.367 e. The molecular weight excluding hydrogens is 461 g/mol. The van der Waals surface area contributed by atoms with Gasteiger partial charge in [0.2, 0.25) is 5.95 Å². The van der Waals surface area contributed by atoms with Crippen molar-refractivity contribution in [3.63, 3.8) is 0 Å². The molecule has 4 heterocycles. The minimum Gasteiger partial charge on any atom is -0.367 e. The lowest BCUT2D eigenvalue weighted by Gasteiger charge is -2.35. The SMILES string of the molecule is O=C(c1cnc2c(c1)N(Cc1cc(Cl)ccc1Cl)CCN2)N1CCN(c2ncccn2)CC1. The maximum absolute atomic E-state index is 13.3. The van der Waals surface area contributed by atoms with Crippen LogP contribution in [0, 0.1) is 0 Å². The molecule has 3 aromatic rings. The average Bonchev–Trinajstić information content (AvgIpc) is 2.86. The van der Waals surface area contributed by atoms with E-state index in [1.165, 1.54) is 0 Å². The third kappa shape index (κ3) is 4.67. The van der Waals surface area contributed by atoms with Gasteiger partial charge in [-0.1, -0.05) is 23.2 Å². The maximum atomic E-state index is 13.3. The fourth-order valence-corrected chi connectivity index (χ4v) is 4.53. The Morgan fingerprint density at radius 2 is 1.79 bits per heavy atom. The molecule has 1 N–H and O–H groups in total. The first kappa shape index (κ1) is 21.7. The quantitative estimate of drug-likeness (QED) is 0.607. The van der Waals surface area contributed by atoms with Crippen molar-refractivity contribution in [1.29, 1.82) is 0 Å². The number of benzene rings is 1. The second-order valence-electron chi connectivity index (χ2n) is 8.00. The van der Waals surface area contributed by atoms with E-state index < -0.39 is 0 Å². The van der Waals surface area contributed by atoms with E-state index in [2.05, 4.69) is 30.1 Å². The number of halogens is 2. The van der Waals surface area contributed by atoms with Crippen LogP contribution in [-0.2, 0) is 6.54 Å². The Labute approximate surface area is 202 Å². The smallest absolute Gasteiger partial charge is 0.255 e. The molecule has 8 nitrogen and oxygen atoms in total. The lowest BCUT2D eigenvalue weighted by atomic mass is 10.1. The third-order valence-corrected chi connectivity index (χ3v) is 6.50. The van der Waals surface area contributed by atoms with Crippen LogP contribution >= 0.6 is 23.2 Å². The average molecular weight is 484 g/mol. The highest BCUT2D eigenvalue weighted by Crippen LogP contribution is 2.31. The molecule has 0 bridgehead atoms. The summed E-state index contributed by atoms with van der Waals surface area (Å²) in [4.78, 5) is 32.5. The first-order valence-electron chi connectivity index (χ1n) is 10.8. The van der Waals surface area contributed by atoms with Crippen LogP contribution in [0.1, 0.15) is 15.9 Å². The number of piperazine rings is 1. The third-order valence-electron chi connectivity index (χ3n) is 5.90. The summed E-state index contributed by atoms with van der Waals surface area (Å²) in [6.07, 6.45) is 5.11. The fourth-order valence-electron chi connectivity index (χ4n) is 4.16. The van der Waals surface area contributed by atoms with Crippen molar-refractivity contribution in [3.05, 3.63) is 70.1 Å². The fraction of sp³-hybridized carbons (Fsp3) is 0.304. The van der Waals surface area contributed by atoms with Crippen molar-refractivity contribution in [2.45, 2.75) is 6.54 Å². The Kier molecular flexibility index (Phi) is 6.20. The number of fused-ring (bicyclic) bond motifs is 1. The van der Waals surface area contributed by atoms with Crippen molar-refractivity contribution in [1.82, 2.24) is 19.9 Å². The summed E-state index contributed by atoms with van der Waals surface area (Å²) in [5.41, 5.74) is 2.40. The van der Waals surface area contributed by atoms with Crippen molar-refractivity contribution in [3.8, 4) is 0 Å². The highest BCUT2D eigenvalue weighted by atomic mass is 35.5. The van der Waals surface area contributed by atoms with Gasteiger partial charge < -0.3 is 20.0 Å². The van der Waals surface area contributed by atoms with Crippen LogP contribution in [0.5, 0.6) is 0 Å². The second-order valence-corrected chi connectivity index (χ2v) is 8.85. The van der Waals surface area contributed by atoms with E-state index in [9.17, 15) is 4.79 Å². The van der Waals surface area contributed by atoms with Gasteiger partial charge in [-0.05, 0) is 35.9 Å². The Balaban J connectivity index is 1.32.